The topological polar surface area (TPSA) is 52.6 Å². The van der Waals surface area contributed by atoms with Crippen molar-refractivity contribution in [3.63, 3.8) is 0 Å². The van der Waals surface area contributed by atoms with Gasteiger partial charge in [0.1, 0.15) is 0 Å². The van der Waals surface area contributed by atoms with Gasteiger partial charge in [0.25, 0.3) is 10.1 Å². The van der Waals surface area contributed by atoms with Crippen LogP contribution in [0.15, 0.2) is 0 Å². The highest BCUT2D eigenvalue weighted by Crippen LogP contribution is 2.20. The molecule has 1 rings (SSSR count). The molecular weight excluding hydrogens is 216 g/mol. The molecule has 0 unspecified atom stereocenters. The highest BCUT2D eigenvalue weighted by molar-refractivity contribution is 7.85. The van der Waals surface area contributed by atoms with E-state index in [0.29, 0.717) is 19.1 Å². The van der Waals surface area contributed by atoms with E-state index in [1.807, 2.05) is 0 Å². The third kappa shape index (κ3) is 6.87. The highest BCUT2D eigenvalue weighted by atomic mass is 32.2. The molecule has 1 aliphatic rings. The first-order chi connectivity index (χ1) is 7.08. The largest absolute Gasteiger partial charge is 0.378 e. The molecule has 4 nitrogen and oxygen atoms in total. The molecule has 0 aromatic heterocycles. The second-order valence-electron chi connectivity index (χ2n) is 4.01. The van der Waals surface area contributed by atoms with Crippen LogP contribution in [0.4, 0.5) is 0 Å². The molecule has 0 bridgehead atoms. The molecule has 15 heavy (non-hydrogen) atoms. The van der Waals surface area contributed by atoms with Crippen molar-refractivity contribution in [1.29, 1.82) is 0 Å². The van der Waals surface area contributed by atoms with Gasteiger partial charge in [-0.05, 0) is 19.3 Å². The fourth-order valence-electron chi connectivity index (χ4n) is 1.75. The summed E-state index contributed by atoms with van der Waals surface area (Å²) in [4.78, 5) is 0. The Morgan fingerprint density at radius 3 is 2.40 bits per heavy atom. The zero-order chi connectivity index (χ0) is 11.1. The minimum absolute atomic E-state index is 0.228. The maximum Gasteiger partial charge on any atom is 0.264 e. The molecule has 0 spiro atoms. The van der Waals surface area contributed by atoms with E-state index in [0.717, 1.165) is 19.1 Å². The van der Waals surface area contributed by atoms with Gasteiger partial charge < -0.3 is 4.74 Å². The highest BCUT2D eigenvalue weighted by Gasteiger charge is 2.13. The van der Waals surface area contributed by atoms with Crippen LogP contribution < -0.4 is 0 Å². The summed E-state index contributed by atoms with van der Waals surface area (Å²) in [6.07, 6.45) is 8.21. The van der Waals surface area contributed by atoms with Crippen LogP contribution >= 0.6 is 0 Å². The number of ether oxygens (including phenoxy) is 1. The summed E-state index contributed by atoms with van der Waals surface area (Å²) in [5.74, 6) is 0. The Morgan fingerprint density at radius 1 is 1.13 bits per heavy atom. The molecule has 0 radical (unpaired) electrons. The summed E-state index contributed by atoms with van der Waals surface area (Å²) in [6, 6.07) is 0. The van der Waals surface area contributed by atoms with Gasteiger partial charge in [-0.25, -0.2) is 0 Å². The van der Waals surface area contributed by atoms with E-state index < -0.39 is 10.1 Å². The summed E-state index contributed by atoms with van der Waals surface area (Å²) in [5, 5.41) is 0. The van der Waals surface area contributed by atoms with Crippen LogP contribution in [-0.4, -0.2) is 34.0 Å². The Morgan fingerprint density at radius 2 is 1.80 bits per heavy atom. The van der Waals surface area contributed by atoms with Crippen molar-refractivity contribution in [2.24, 2.45) is 0 Å². The van der Waals surface area contributed by atoms with Gasteiger partial charge in [0, 0.05) is 6.61 Å². The lowest BCUT2D eigenvalue weighted by Crippen LogP contribution is -2.18. The van der Waals surface area contributed by atoms with Crippen LogP contribution in [0.1, 0.15) is 38.5 Å². The Labute approximate surface area is 92.1 Å². The standard InChI is InChI=1S/C10H20O4S/c1-15(11,12)14-9-5-8-13-10-6-3-2-4-7-10/h10H,2-9H2,1H3. The molecule has 5 heteroatoms. The van der Waals surface area contributed by atoms with Gasteiger partial charge in [0.05, 0.1) is 19.0 Å². The van der Waals surface area contributed by atoms with E-state index in [4.69, 9.17) is 4.74 Å². The van der Waals surface area contributed by atoms with E-state index in [1.54, 1.807) is 0 Å². The number of hydrogen-bond donors (Lipinski definition) is 0. The molecule has 0 aromatic rings. The molecule has 1 saturated carbocycles. The molecule has 0 aromatic carbocycles. The minimum Gasteiger partial charge on any atom is -0.378 e. The zero-order valence-electron chi connectivity index (χ0n) is 9.28. The predicted molar refractivity (Wildman–Crippen MR) is 58.2 cm³/mol. The molecule has 1 fully saturated rings. The van der Waals surface area contributed by atoms with Gasteiger partial charge in [-0.1, -0.05) is 19.3 Å². The maximum atomic E-state index is 10.6. The Balaban J connectivity index is 1.96. The molecule has 0 amide bonds. The lowest BCUT2D eigenvalue weighted by molar-refractivity contribution is 0.0230. The zero-order valence-corrected chi connectivity index (χ0v) is 10.1. The van der Waals surface area contributed by atoms with E-state index in [1.165, 1.54) is 19.3 Å². The van der Waals surface area contributed by atoms with Crippen molar-refractivity contribution >= 4 is 10.1 Å². The fourth-order valence-corrected chi connectivity index (χ4v) is 2.17. The lowest BCUT2D eigenvalue weighted by atomic mass is 9.98. The summed E-state index contributed by atoms with van der Waals surface area (Å²) in [5.41, 5.74) is 0. The Bertz CT molecular complexity index is 255. The molecule has 0 atom stereocenters. The van der Waals surface area contributed by atoms with Gasteiger partial charge in [-0.2, -0.15) is 8.42 Å². The Kier molecular flexibility index (Phi) is 5.56. The first kappa shape index (κ1) is 12.9. The van der Waals surface area contributed by atoms with Crippen molar-refractivity contribution in [1.82, 2.24) is 0 Å². The monoisotopic (exact) mass is 236 g/mol. The second-order valence-corrected chi connectivity index (χ2v) is 5.65. The van der Waals surface area contributed by atoms with E-state index in [2.05, 4.69) is 4.18 Å². The van der Waals surface area contributed by atoms with Crippen LogP contribution in [0.2, 0.25) is 0 Å². The van der Waals surface area contributed by atoms with Gasteiger partial charge in [0.15, 0.2) is 0 Å². The maximum absolute atomic E-state index is 10.6. The van der Waals surface area contributed by atoms with E-state index >= 15 is 0 Å². The second kappa shape index (κ2) is 6.45. The van der Waals surface area contributed by atoms with Crippen LogP contribution in [0.5, 0.6) is 0 Å². The Hall–Kier alpha value is -0.130. The lowest BCUT2D eigenvalue weighted by Gasteiger charge is -2.21. The quantitative estimate of drug-likeness (QED) is 0.520. The van der Waals surface area contributed by atoms with Crippen LogP contribution in [-0.2, 0) is 19.0 Å². The molecule has 1 aliphatic carbocycles. The molecule has 90 valence electrons. The van der Waals surface area contributed by atoms with Crippen LogP contribution in [0.25, 0.3) is 0 Å². The predicted octanol–water partition coefficient (Wildman–Crippen LogP) is 1.70. The third-order valence-electron chi connectivity index (χ3n) is 2.49. The van der Waals surface area contributed by atoms with Crippen molar-refractivity contribution in [2.45, 2.75) is 44.6 Å². The smallest absolute Gasteiger partial charge is 0.264 e. The summed E-state index contributed by atoms with van der Waals surface area (Å²) >= 11 is 0. The first-order valence-corrected chi connectivity index (χ1v) is 7.35. The van der Waals surface area contributed by atoms with Crippen molar-refractivity contribution in [2.75, 3.05) is 19.5 Å². The molecule has 0 aliphatic heterocycles. The van der Waals surface area contributed by atoms with Crippen LogP contribution in [0.3, 0.4) is 0 Å². The SMILES string of the molecule is CS(=O)(=O)OCCCOC1CCCCC1. The third-order valence-corrected chi connectivity index (χ3v) is 3.09. The van der Waals surface area contributed by atoms with Gasteiger partial charge >= 0.3 is 0 Å². The van der Waals surface area contributed by atoms with Gasteiger partial charge in [0.2, 0.25) is 0 Å². The summed E-state index contributed by atoms with van der Waals surface area (Å²) in [7, 11) is -3.29. The molecular formula is C10H20O4S. The molecule has 0 N–H and O–H groups in total. The number of hydrogen-bond acceptors (Lipinski definition) is 4. The van der Waals surface area contributed by atoms with Crippen molar-refractivity contribution in [3.05, 3.63) is 0 Å². The normalized spacial score (nSPS) is 19.3. The molecule has 0 heterocycles. The van der Waals surface area contributed by atoms with E-state index in [-0.39, 0.29) is 6.61 Å². The number of rotatable bonds is 6. The van der Waals surface area contributed by atoms with E-state index in [9.17, 15) is 8.42 Å². The average Bonchev–Trinajstić information content (AvgIpc) is 2.17. The minimum atomic E-state index is -3.29. The van der Waals surface area contributed by atoms with Gasteiger partial charge in [-0.15, -0.1) is 0 Å². The van der Waals surface area contributed by atoms with Crippen molar-refractivity contribution in [3.8, 4) is 0 Å². The fraction of sp³-hybridized carbons (Fsp3) is 1.00. The average molecular weight is 236 g/mol. The first-order valence-electron chi connectivity index (χ1n) is 5.54. The van der Waals surface area contributed by atoms with Crippen molar-refractivity contribution < 1.29 is 17.3 Å². The summed E-state index contributed by atoms with van der Waals surface area (Å²) in [6.45, 7) is 0.825. The summed E-state index contributed by atoms with van der Waals surface area (Å²) < 4.78 is 31.5. The van der Waals surface area contributed by atoms with Gasteiger partial charge in [-0.3, -0.25) is 4.18 Å². The molecule has 0 saturated heterocycles. The van der Waals surface area contributed by atoms with Crippen LogP contribution in [0, 0.1) is 0 Å².